The quantitative estimate of drug-likeness (QED) is 0.620. The Bertz CT molecular complexity index is 1000. The van der Waals surface area contributed by atoms with E-state index >= 15 is 0 Å². The van der Waals surface area contributed by atoms with Gasteiger partial charge in [0.25, 0.3) is 5.91 Å². The summed E-state index contributed by atoms with van der Waals surface area (Å²) in [5, 5.41) is 9.05. The fourth-order valence-electron chi connectivity index (χ4n) is 4.27. The Morgan fingerprint density at radius 2 is 1.93 bits per heavy atom. The number of carbonyl (C=O) groups is 1. The second kappa shape index (κ2) is 8.92. The van der Waals surface area contributed by atoms with Crippen molar-refractivity contribution in [1.82, 2.24) is 29.9 Å². The molecule has 1 aliphatic rings. The van der Waals surface area contributed by atoms with Crippen molar-refractivity contribution in [3.8, 4) is 5.69 Å². The molecule has 0 bridgehead atoms. The number of benzene rings is 1. The zero-order valence-corrected chi connectivity index (χ0v) is 18.0. The highest BCUT2D eigenvalue weighted by Gasteiger charge is 2.33. The number of hydrogen-bond donors (Lipinski definition) is 0. The van der Waals surface area contributed by atoms with E-state index in [0.717, 1.165) is 42.9 Å². The summed E-state index contributed by atoms with van der Waals surface area (Å²) in [6.45, 7) is 4.94. The first-order chi connectivity index (χ1) is 14.5. The zero-order chi connectivity index (χ0) is 21.1. The summed E-state index contributed by atoms with van der Waals surface area (Å²) in [6, 6.07) is 5.89. The van der Waals surface area contributed by atoms with Crippen LogP contribution in [0.3, 0.4) is 0 Å². The van der Waals surface area contributed by atoms with Gasteiger partial charge in [-0.15, -0.1) is 0 Å². The molecule has 0 unspecified atom stereocenters. The van der Waals surface area contributed by atoms with Crippen molar-refractivity contribution in [2.24, 2.45) is 5.92 Å². The van der Waals surface area contributed by atoms with E-state index in [9.17, 15) is 4.79 Å². The van der Waals surface area contributed by atoms with E-state index in [1.54, 1.807) is 24.8 Å². The molecule has 1 amide bonds. The molecule has 156 valence electrons. The van der Waals surface area contributed by atoms with Gasteiger partial charge in [-0.3, -0.25) is 4.79 Å². The van der Waals surface area contributed by atoms with Crippen molar-refractivity contribution in [3.63, 3.8) is 0 Å². The molecule has 0 aliphatic carbocycles. The number of halogens is 1. The Morgan fingerprint density at radius 3 is 2.67 bits per heavy atom. The van der Waals surface area contributed by atoms with Gasteiger partial charge in [0.15, 0.2) is 0 Å². The van der Waals surface area contributed by atoms with Crippen LogP contribution in [0.25, 0.3) is 5.69 Å². The lowest BCUT2D eigenvalue weighted by molar-refractivity contribution is 0.0498. The van der Waals surface area contributed by atoms with Gasteiger partial charge in [-0.05, 0) is 43.7 Å². The summed E-state index contributed by atoms with van der Waals surface area (Å²) in [7, 11) is 0. The third-order valence-corrected chi connectivity index (χ3v) is 6.00. The third kappa shape index (κ3) is 4.21. The summed E-state index contributed by atoms with van der Waals surface area (Å²) in [6.07, 6.45) is 10.1. The SMILES string of the molecule is Cc1cccc(C(=O)N2CCC[C@@H](C)[C@H]2CCc2ncc(Cl)cn2)c1-n1nccn1. The minimum atomic E-state index is 0.0274. The first-order valence-electron chi connectivity index (χ1n) is 10.3. The smallest absolute Gasteiger partial charge is 0.256 e. The Balaban J connectivity index is 1.60. The minimum absolute atomic E-state index is 0.0274. The Kier molecular flexibility index (Phi) is 6.08. The lowest BCUT2D eigenvalue weighted by Crippen LogP contribution is -2.48. The summed E-state index contributed by atoms with van der Waals surface area (Å²) in [4.78, 5) is 25.9. The number of aryl methyl sites for hydroxylation is 2. The molecule has 1 aliphatic heterocycles. The van der Waals surface area contributed by atoms with Crippen LogP contribution in [0.4, 0.5) is 0 Å². The van der Waals surface area contributed by atoms with Crippen molar-refractivity contribution < 1.29 is 4.79 Å². The van der Waals surface area contributed by atoms with E-state index in [1.165, 1.54) is 4.80 Å². The number of rotatable bonds is 5. The molecule has 2 atom stereocenters. The van der Waals surface area contributed by atoms with E-state index in [2.05, 4.69) is 27.1 Å². The second-order valence-corrected chi connectivity index (χ2v) is 8.27. The number of para-hydroxylation sites is 1. The number of amides is 1. The maximum absolute atomic E-state index is 13.7. The van der Waals surface area contributed by atoms with Crippen molar-refractivity contribution >= 4 is 17.5 Å². The highest BCUT2D eigenvalue weighted by Crippen LogP contribution is 2.30. The van der Waals surface area contributed by atoms with Crippen LogP contribution in [0.1, 0.15) is 47.9 Å². The maximum Gasteiger partial charge on any atom is 0.256 e. The van der Waals surface area contributed by atoms with Crippen LogP contribution in [-0.4, -0.2) is 48.4 Å². The van der Waals surface area contributed by atoms with Crippen molar-refractivity contribution in [2.45, 2.75) is 45.6 Å². The molecular weight excluding hydrogens is 400 g/mol. The number of piperidine rings is 1. The standard InChI is InChI=1S/C22H25ClN6O/c1-15-6-4-12-28(19(15)8-9-20-24-13-17(23)14-25-20)22(30)18-7-3-5-16(2)21(18)29-26-10-11-27-29/h3,5,7,10-11,13-15,19H,4,6,8-9,12H2,1-2H3/t15-,19-/m1/s1. The first-order valence-corrected chi connectivity index (χ1v) is 10.7. The summed E-state index contributed by atoms with van der Waals surface area (Å²) in [5.74, 6) is 1.19. The van der Waals surface area contributed by atoms with Gasteiger partial charge in [0.05, 0.1) is 23.0 Å². The lowest BCUT2D eigenvalue weighted by Gasteiger charge is -2.40. The molecule has 3 aromatic rings. The molecule has 30 heavy (non-hydrogen) atoms. The number of carbonyl (C=O) groups excluding carboxylic acids is 1. The molecule has 3 heterocycles. The highest BCUT2D eigenvalue weighted by atomic mass is 35.5. The van der Waals surface area contributed by atoms with Gasteiger partial charge >= 0.3 is 0 Å². The van der Waals surface area contributed by atoms with Crippen LogP contribution in [0, 0.1) is 12.8 Å². The average Bonchev–Trinajstić information content (AvgIpc) is 3.27. The number of hydrogen-bond acceptors (Lipinski definition) is 5. The van der Waals surface area contributed by atoms with Gasteiger partial charge in [-0.25, -0.2) is 9.97 Å². The summed E-state index contributed by atoms with van der Waals surface area (Å²) < 4.78 is 0. The number of nitrogens with zero attached hydrogens (tertiary/aromatic N) is 6. The largest absolute Gasteiger partial charge is 0.335 e. The molecular formula is C22H25ClN6O. The predicted octanol–water partition coefficient (Wildman–Crippen LogP) is 3.89. The molecule has 4 rings (SSSR count). The van der Waals surface area contributed by atoms with Crippen LogP contribution < -0.4 is 0 Å². The Labute approximate surface area is 181 Å². The number of likely N-dealkylation sites (tertiary alicyclic amines) is 1. The fraction of sp³-hybridized carbons (Fsp3) is 0.409. The van der Waals surface area contributed by atoms with Crippen molar-refractivity contribution in [3.05, 3.63) is 65.0 Å². The molecule has 7 nitrogen and oxygen atoms in total. The molecule has 1 fully saturated rings. The topological polar surface area (TPSA) is 76.8 Å². The molecule has 2 aromatic heterocycles. The second-order valence-electron chi connectivity index (χ2n) is 7.83. The Morgan fingerprint density at radius 1 is 1.20 bits per heavy atom. The predicted molar refractivity (Wildman–Crippen MR) is 115 cm³/mol. The monoisotopic (exact) mass is 424 g/mol. The van der Waals surface area contributed by atoms with Crippen LogP contribution in [0.2, 0.25) is 5.02 Å². The summed E-state index contributed by atoms with van der Waals surface area (Å²) >= 11 is 5.90. The van der Waals surface area contributed by atoms with Crippen molar-refractivity contribution in [2.75, 3.05) is 6.54 Å². The highest BCUT2D eigenvalue weighted by molar-refractivity contribution is 6.30. The minimum Gasteiger partial charge on any atom is -0.335 e. The van der Waals surface area contributed by atoms with E-state index in [4.69, 9.17) is 11.6 Å². The normalized spacial score (nSPS) is 19.1. The van der Waals surface area contributed by atoms with Gasteiger partial charge in [0, 0.05) is 31.4 Å². The molecule has 0 spiro atoms. The molecule has 0 saturated carbocycles. The third-order valence-electron chi connectivity index (χ3n) is 5.80. The van der Waals surface area contributed by atoms with E-state index in [-0.39, 0.29) is 11.9 Å². The van der Waals surface area contributed by atoms with Crippen molar-refractivity contribution in [1.29, 1.82) is 0 Å². The first kappa shape index (κ1) is 20.5. The van der Waals surface area contributed by atoms with Crippen LogP contribution in [-0.2, 0) is 6.42 Å². The molecule has 0 radical (unpaired) electrons. The lowest BCUT2D eigenvalue weighted by atomic mass is 9.87. The molecule has 0 N–H and O–H groups in total. The molecule has 1 aromatic carbocycles. The maximum atomic E-state index is 13.7. The molecule has 8 heteroatoms. The Hall–Kier alpha value is -2.80. The van der Waals surface area contributed by atoms with E-state index < -0.39 is 0 Å². The van der Waals surface area contributed by atoms with Crippen LogP contribution >= 0.6 is 11.6 Å². The van der Waals surface area contributed by atoms with E-state index in [1.807, 2.05) is 30.0 Å². The van der Waals surface area contributed by atoms with Gasteiger partial charge in [0.1, 0.15) is 11.5 Å². The number of aromatic nitrogens is 5. The van der Waals surface area contributed by atoms with E-state index in [0.29, 0.717) is 22.9 Å². The molecule has 1 saturated heterocycles. The zero-order valence-electron chi connectivity index (χ0n) is 17.2. The van der Waals surface area contributed by atoms with Crippen LogP contribution in [0.5, 0.6) is 0 Å². The fourth-order valence-corrected chi connectivity index (χ4v) is 4.37. The van der Waals surface area contributed by atoms with Gasteiger partial charge in [-0.1, -0.05) is 30.7 Å². The van der Waals surface area contributed by atoms with Gasteiger partial charge in [-0.2, -0.15) is 15.0 Å². The summed E-state index contributed by atoms with van der Waals surface area (Å²) in [5.41, 5.74) is 2.34. The average molecular weight is 425 g/mol. The van der Waals surface area contributed by atoms with Gasteiger partial charge < -0.3 is 4.90 Å². The van der Waals surface area contributed by atoms with Gasteiger partial charge in [0.2, 0.25) is 0 Å². The van der Waals surface area contributed by atoms with Crippen LogP contribution in [0.15, 0.2) is 43.0 Å².